The molecule has 1 fully saturated rings. The van der Waals surface area contributed by atoms with Gasteiger partial charge in [0, 0.05) is 26.7 Å². The van der Waals surface area contributed by atoms with Gasteiger partial charge in [0.2, 0.25) is 5.03 Å². The number of sulfonamides is 1. The lowest BCUT2D eigenvalue weighted by molar-refractivity contribution is 0.248. The highest BCUT2D eigenvalue weighted by atomic mass is 79.9. The SMILES string of the molecule is CCN(C1CNC1)S(=O)(=O)c1c(Br)nnn1C. The van der Waals surface area contributed by atoms with E-state index in [2.05, 4.69) is 31.6 Å². The van der Waals surface area contributed by atoms with Crippen LogP contribution in [0.25, 0.3) is 0 Å². The zero-order valence-electron chi connectivity index (χ0n) is 9.59. The number of aromatic nitrogens is 3. The third-order valence-corrected chi connectivity index (χ3v) is 5.69. The van der Waals surface area contributed by atoms with Gasteiger partial charge in [-0.1, -0.05) is 12.1 Å². The molecule has 0 radical (unpaired) electrons. The molecule has 0 amide bonds. The highest BCUT2D eigenvalue weighted by Crippen LogP contribution is 2.24. The van der Waals surface area contributed by atoms with Crippen molar-refractivity contribution in [2.24, 2.45) is 7.05 Å². The minimum Gasteiger partial charge on any atom is -0.313 e. The van der Waals surface area contributed by atoms with Crippen LogP contribution in [0.2, 0.25) is 0 Å². The quantitative estimate of drug-likeness (QED) is 0.812. The van der Waals surface area contributed by atoms with Gasteiger partial charge in [0.25, 0.3) is 10.0 Å². The second-order valence-electron chi connectivity index (χ2n) is 3.83. The number of nitrogens with zero attached hydrogens (tertiary/aromatic N) is 4. The fourth-order valence-electron chi connectivity index (χ4n) is 1.81. The zero-order chi connectivity index (χ0) is 12.6. The molecule has 0 atom stereocenters. The molecule has 9 heteroatoms. The zero-order valence-corrected chi connectivity index (χ0v) is 12.0. The topological polar surface area (TPSA) is 80.1 Å². The highest BCUT2D eigenvalue weighted by Gasteiger charge is 2.37. The fourth-order valence-corrected chi connectivity index (χ4v) is 4.48. The van der Waals surface area contributed by atoms with Crippen LogP contribution in [0.3, 0.4) is 0 Å². The average Bonchev–Trinajstić information content (AvgIpc) is 2.51. The molecule has 1 aromatic heterocycles. The van der Waals surface area contributed by atoms with Crippen LogP contribution in [0, 0.1) is 0 Å². The van der Waals surface area contributed by atoms with Crippen molar-refractivity contribution in [1.82, 2.24) is 24.6 Å². The minimum absolute atomic E-state index is 0.0202. The summed E-state index contributed by atoms with van der Waals surface area (Å²) in [4.78, 5) is 0. The van der Waals surface area contributed by atoms with Crippen LogP contribution in [0.5, 0.6) is 0 Å². The Morgan fingerprint density at radius 3 is 2.59 bits per heavy atom. The van der Waals surface area contributed by atoms with Gasteiger partial charge in [-0.3, -0.25) is 0 Å². The van der Waals surface area contributed by atoms with E-state index in [0.717, 1.165) is 0 Å². The number of halogens is 1. The van der Waals surface area contributed by atoms with Crippen molar-refractivity contribution in [3.63, 3.8) is 0 Å². The van der Waals surface area contributed by atoms with Gasteiger partial charge in [-0.05, 0) is 15.9 Å². The lowest BCUT2D eigenvalue weighted by atomic mass is 10.2. The lowest BCUT2D eigenvalue weighted by Crippen LogP contribution is -2.58. The van der Waals surface area contributed by atoms with Crippen molar-refractivity contribution in [3.05, 3.63) is 4.60 Å². The Kier molecular flexibility index (Phi) is 3.53. The smallest absolute Gasteiger partial charge is 0.263 e. The Labute approximate surface area is 108 Å². The summed E-state index contributed by atoms with van der Waals surface area (Å²) in [7, 11) is -1.98. The van der Waals surface area contributed by atoms with E-state index in [0.29, 0.717) is 19.6 Å². The molecule has 0 bridgehead atoms. The van der Waals surface area contributed by atoms with E-state index in [1.165, 1.54) is 8.99 Å². The van der Waals surface area contributed by atoms with Gasteiger partial charge in [-0.25, -0.2) is 13.1 Å². The summed E-state index contributed by atoms with van der Waals surface area (Å²) in [6.07, 6.45) is 0. The fraction of sp³-hybridized carbons (Fsp3) is 0.750. The van der Waals surface area contributed by atoms with Crippen LogP contribution >= 0.6 is 15.9 Å². The van der Waals surface area contributed by atoms with E-state index in [1.807, 2.05) is 6.92 Å². The molecule has 0 unspecified atom stereocenters. The Bertz CT molecular complexity index is 490. The van der Waals surface area contributed by atoms with Crippen molar-refractivity contribution in [2.45, 2.75) is 18.0 Å². The molecule has 1 aliphatic rings. The van der Waals surface area contributed by atoms with E-state index in [1.54, 1.807) is 7.05 Å². The summed E-state index contributed by atoms with van der Waals surface area (Å²) in [6, 6.07) is 0.0202. The summed E-state index contributed by atoms with van der Waals surface area (Å²) < 4.78 is 27.9. The summed E-state index contributed by atoms with van der Waals surface area (Å²) in [5.74, 6) is 0. The number of hydrogen-bond donors (Lipinski definition) is 1. The van der Waals surface area contributed by atoms with E-state index in [-0.39, 0.29) is 15.7 Å². The maximum absolute atomic E-state index is 12.5. The first-order chi connectivity index (χ1) is 7.98. The maximum atomic E-state index is 12.5. The first-order valence-electron chi connectivity index (χ1n) is 5.26. The van der Waals surface area contributed by atoms with Gasteiger partial charge in [-0.2, -0.15) is 4.31 Å². The Hall–Kier alpha value is -0.510. The lowest BCUT2D eigenvalue weighted by Gasteiger charge is -2.36. The molecular weight excluding hydrogens is 310 g/mol. The third kappa shape index (κ3) is 2.12. The Morgan fingerprint density at radius 2 is 2.24 bits per heavy atom. The van der Waals surface area contributed by atoms with Crippen molar-refractivity contribution in [3.8, 4) is 0 Å². The molecule has 0 aliphatic carbocycles. The van der Waals surface area contributed by atoms with E-state index < -0.39 is 10.0 Å². The molecule has 0 aromatic carbocycles. The maximum Gasteiger partial charge on any atom is 0.263 e. The van der Waals surface area contributed by atoms with Crippen LogP contribution in [-0.2, 0) is 17.1 Å². The second kappa shape index (κ2) is 4.63. The summed E-state index contributed by atoms with van der Waals surface area (Å²) in [5.41, 5.74) is 0. The first-order valence-corrected chi connectivity index (χ1v) is 7.49. The van der Waals surface area contributed by atoms with Crippen molar-refractivity contribution in [2.75, 3.05) is 19.6 Å². The third-order valence-electron chi connectivity index (χ3n) is 2.77. The molecule has 2 heterocycles. The number of hydrogen-bond acceptors (Lipinski definition) is 5. The van der Waals surface area contributed by atoms with E-state index in [4.69, 9.17) is 0 Å². The van der Waals surface area contributed by atoms with Crippen molar-refractivity contribution < 1.29 is 8.42 Å². The molecule has 0 saturated carbocycles. The highest BCUT2D eigenvalue weighted by molar-refractivity contribution is 9.10. The predicted molar refractivity (Wildman–Crippen MR) is 64.9 cm³/mol. The van der Waals surface area contributed by atoms with Gasteiger partial charge < -0.3 is 5.32 Å². The summed E-state index contributed by atoms with van der Waals surface area (Å²) >= 11 is 3.12. The van der Waals surface area contributed by atoms with Gasteiger partial charge >= 0.3 is 0 Å². The summed E-state index contributed by atoms with van der Waals surface area (Å²) in [5, 5.41) is 10.6. The molecule has 7 nitrogen and oxygen atoms in total. The second-order valence-corrected chi connectivity index (χ2v) is 6.39. The molecule has 0 spiro atoms. The molecule has 1 N–H and O–H groups in total. The van der Waals surface area contributed by atoms with E-state index >= 15 is 0 Å². The molecule has 96 valence electrons. The standard InChI is InChI=1S/C8H14BrN5O2S/c1-3-14(6-4-10-5-6)17(15,16)8-7(9)11-12-13(8)2/h6,10H,3-5H2,1-2H3. The van der Waals surface area contributed by atoms with Crippen LogP contribution in [0.15, 0.2) is 9.63 Å². The Balaban J connectivity index is 2.41. The molecule has 1 aliphatic heterocycles. The summed E-state index contributed by atoms with van der Waals surface area (Å²) in [6.45, 7) is 3.64. The van der Waals surface area contributed by atoms with Crippen LogP contribution in [-0.4, -0.2) is 53.4 Å². The van der Waals surface area contributed by atoms with Crippen molar-refractivity contribution >= 4 is 26.0 Å². The molecule has 2 rings (SSSR count). The minimum atomic E-state index is -3.54. The Morgan fingerprint density at radius 1 is 1.59 bits per heavy atom. The van der Waals surface area contributed by atoms with Crippen molar-refractivity contribution in [1.29, 1.82) is 0 Å². The molecular formula is C8H14BrN5O2S. The molecule has 1 aromatic rings. The van der Waals surface area contributed by atoms with Gasteiger partial charge in [0.05, 0.1) is 6.04 Å². The van der Waals surface area contributed by atoms with Crippen LogP contribution < -0.4 is 5.32 Å². The molecule has 17 heavy (non-hydrogen) atoms. The predicted octanol–water partition coefficient (Wildman–Crippen LogP) is -0.440. The molecule has 1 saturated heterocycles. The van der Waals surface area contributed by atoms with Gasteiger partial charge in [0.15, 0.2) is 4.60 Å². The van der Waals surface area contributed by atoms with Gasteiger partial charge in [-0.15, -0.1) is 5.10 Å². The monoisotopic (exact) mass is 323 g/mol. The van der Waals surface area contributed by atoms with Crippen LogP contribution in [0.4, 0.5) is 0 Å². The average molecular weight is 324 g/mol. The largest absolute Gasteiger partial charge is 0.313 e. The normalized spacial score (nSPS) is 17.4. The van der Waals surface area contributed by atoms with E-state index in [9.17, 15) is 8.42 Å². The number of rotatable bonds is 4. The van der Waals surface area contributed by atoms with Gasteiger partial charge in [0.1, 0.15) is 0 Å². The first kappa shape index (κ1) is 12.9. The van der Waals surface area contributed by atoms with Crippen LogP contribution in [0.1, 0.15) is 6.92 Å². The number of nitrogens with one attached hydrogen (secondary N) is 1. The number of aryl methyl sites for hydroxylation is 1. The number of likely N-dealkylation sites (N-methyl/N-ethyl adjacent to an activating group) is 1.